The number of hydrogen-bond donors (Lipinski definition) is 1. The van der Waals surface area contributed by atoms with Gasteiger partial charge in [0.15, 0.2) is 0 Å². The lowest BCUT2D eigenvalue weighted by Gasteiger charge is -2.04. The van der Waals surface area contributed by atoms with E-state index in [0.29, 0.717) is 11.6 Å². The molecular formula is C13H12ClNO2. The Bertz CT molecular complexity index is 581. The van der Waals surface area contributed by atoms with Crippen molar-refractivity contribution in [3.8, 4) is 0 Å². The van der Waals surface area contributed by atoms with Gasteiger partial charge in [-0.15, -0.1) is 0 Å². The molecule has 0 atom stereocenters. The highest BCUT2D eigenvalue weighted by atomic mass is 35.5. The Hall–Kier alpha value is -1.61. The molecule has 0 saturated heterocycles. The molecule has 1 aromatic heterocycles. The summed E-state index contributed by atoms with van der Waals surface area (Å²) < 4.78 is 0. The van der Waals surface area contributed by atoms with Gasteiger partial charge in [-0.2, -0.15) is 0 Å². The van der Waals surface area contributed by atoms with Gasteiger partial charge in [0.05, 0.1) is 5.52 Å². The third kappa shape index (κ3) is 2.74. The molecule has 2 aromatic rings. The van der Waals surface area contributed by atoms with Crippen LogP contribution in [0.5, 0.6) is 0 Å². The van der Waals surface area contributed by atoms with E-state index in [1.165, 1.54) is 0 Å². The minimum Gasteiger partial charge on any atom is -0.481 e. The lowest BCUT2D eigenvalue weighted by molar-refractivity contribution is -0.136. The lowest BCUT2D eigenvalue weighted by atomic mass is 10.1. The van der Waals surface area contributed by atoms with Crippen LogP contribution in [0.3, 0.4) is 0 Å². The van der Waals surface area contributed by atoms with E-state index in [-0.39, 0.29) is 6.42 Å². The first kappa shape index (κ1) is 11.9. The van der Waals surface area contributed by atoms with E-state index >= 15 is 0 Å². The van der Waals surface area contributed by atoms with Crippen LogP contribution >= 0.6 is 11.6 Å². The molecule has 0 spiro atoms. The first-order valence-electron chi connectivity index (χ1n) is 5.34. The molecule has 3 nitrogen and oxygen atoms in total. The molecule has 1 aromatic carbocycles. The normalized spacial score (nSPS) is 10.7. The number of fused-ring (bicyclic) bond motifs is 1. The first-order valence-corrected chi connectivity index (χ1v) is 5.71. The van der Waals surface area contributed by atoms with Crippen molar-refractivity contribution >= 4 is 28.5 Å². The van der Waals surface area contributed by atoms with Crippen LogP contribution in [0.25, 0.3) is 10.9 Å². The Balaban J connectivity index is 2.36. The number of carboxylic acids is 1. The second-order valence-corrected chi connectivity index (χ2v) is 4.37. The molecule has 17 heavy (non-hydrogen) atoms. The molecule has 88 valence electrons. The van der Waals surface area contributed by atoms with Gasteiger partial charge in [0.2, 0.25) is 0 Å². The van der Waals surface area contributed by atoms with E-state index in [2.05, 4.69) is 4.98 Å². The van der Waals surface area contributed by atoms with Gasteiger partial charge in [-0.05, 0) is 42.7 Å². The van der Waals surface area contributed by atoms with Crippen molar-refractivity contribution in [2.75, 3.05) is 0 Å². The quantitative estimate of drug-likeness (QED) is 0.850. The highest BCUT2D eigenvalue weighted by Crippen LogP contribution is 2.21. The molecule has 1 heterocycles. The van der Waals surface area contributed by atoms with Crippen molar-refractivity contribution in [3.63, 3.8) is 0 Å². The summed E-state index contributed by atoms with van der Waals surface area (Å²) in [6, 6.07) is 7.70. The second kappa shape index (κ2) is 4.72. The lowest BCUT2D eigenvalue weighted by Crippen LogP contribution is -1.97. The SMILES string of the molecule is Cc1cc2cc(CCC(=O)O)ccc2nc1Cl. The summed E-state index contributed by atoms with van der Waals surface area (Å²) in [6.07, 6.45) is 0.679. The van der Waals surface area contributed by atoms with Crippen molar-refractivity contribution in [3.05, 3.63) is 40.5 Å². The monoisotopic (exact) mass is 249 g/mol. The fraction of sp³-hybridized carbons (Fsp3) is 0.231. The van der Waals surface area contributed by atoms with E-state index in [9.17, 15) is 4.79 Å². The van der Waals surface area contributed by atoms with Crippen LogP contribution in [0, 0.1) is 6.92 Å². The van der Waals surface area contributed by atoms with Crippen LogP contribution in [0.15, 0.2) is 24.3 Å². The zero-order chi connectivity index (χ0) is 12.4. The molecule has 1 N–H and O–H groups in total. The summed E-state index contributed by atoms with van der Waals surface area (Å²) in [5.74, 6) is -0.782. The number of nitrogens with zero attached hydrogens (tertiary/aromatic N) is 1. The Morgan fingerprint density at radius 2 is 2.18 bits per heavy atom. The molecule has 0 radical (unpaired) electrons. The first-order chi connectivity index (χ1) is 8.06. The molecule has 0 bridgehead atoms. The summed E-state index contributed by atoms with van der Waals surface area (Å²) in [4.78, 5) is 14.8. The van der Waals surface area contributed by atoms with Crippen molar-refractivity contribution in [1.82, 2.24) is 4.98 Å². The van der Waals surface area contributed by atoms with Crippen LogP contribution in [0.4, 0.5) is 0 Å². The molecule has 0 fully saturated rings. The zero-order valence-corrected chi connectivity index (χ0v) is 10.2. The highest BCUT2D eigenvalue weighted by Gasteiger charge is 2.04. The zero-order valence-electron chi connectivity index (χ0n) is 9.40. The number of benzene rings is 1. The maximum Gasteiger partial charge on any atom is 0.303 e. The van der Waals surface area contributed by atoms with Gasteiger partial charge >= 0.3 is 5.97 Å². The minimum atomic E-state index is -0.782. The van der Waals surface area contributed by atoms with Gasteiger partial charge in [0.25, 0.3) is 0 Å². The summed E-state index contributed by atoms with van der Waals surface area (Å²) in [5.41, 5.74) is 2.76. The molecule has 0 unspecified atom stereocenters. The summed E-state index contributed by atoms with van der Waals surface area (Å²) in [6.45, 7) is 1.90. The van der Waals surface area contributed by atoms with Crippen molar-refractivity contribution in [2.45, 2.75) is 19.8 Å². The van der Waals surface area contributed by atoms with Crippen LogP contribution in [0.1, 0.15) is 17.5 Å². The average molecular weight is 250 g/mol. The maximum absolute atomic E-state index is 10.5. The number of aliphatic carboxylic acids is 1. The predicted octanol–water partition coefficient (Wildman–Crippen LogP) is 3.21. The fourth-order valence-electron chi connectivity index (χ4n) is 1.71. The molecule has 0 aliphatic carbocycles. The number of halogens is 1. The highest BCUT2D eigenvalue weighted by molar-refractivity contribution is 6.30. The van der Waals surface area contributed by atoms with Crippen LogP contribution in [0.2, 0.25) is 5.15 Å². The molecule has 4 heteroatoms. The summed E-state index contributed by atoms with van der Waals surface area (Å²) in [7, 11) is 0. The minimum absolute atomic E-state index is 0.144. The third-order valence-electron chi connectivity index (χ3n) is 2.64. The number of aromatic nitrogens is 1. The topological polar surface area (TPSA) is 50.2 Å². The Morgan fingerprint density at radius 1 is 1.41 bits per heavy atom. The van der Waals surface area contributed by atoms with Crippen molar-refractivity contribution in [2.24, 2.45) is 0 Å². The largest absolute Gasteiger partial charge is 0.481 e. The molecule has 0 saturated carbocycles. The predicted molar refractivity (Wildman–Crippen MR) is 67.4 cm³/mol. The van der Waals surface area contributed by atoms with Crippen LogP contribution in [-0.4, -0.2) is 16.1 Å². The van der Waals surface area contributed by atoms with Crippen LogP contribution in [-0.2, 0) is 11.2 Å². The Kier molecular flexibility index (Phi) is 3.29. The van der Waals surface area contributed by atoms with E-state index < -0.39 is 5.97 Å². The number of carbonyl (C=O) groups is 1. The number of hydrogen-bond acceptors (Lipinski definition) is 2. The van der Waals surface area contributed by atoms with E-state index in [0.717, 1.165) is 22.0 Å². The molecule has 0 aliphatic heterocycles. The van der Waals surface area contributed by atoms with Gasteiger partial charge < -0.3 is 5.11 Å². The Morgan fingerprint density at radius 3 is 2.88 bits per heavy atom. The molecule has 2 rings (SSSR count). The van der Waals surface area contributed by atoms with Gasteiger partial charge in [-0.25, -0.2) is 4.98 Å². The standard InChI is InChI=1S/C13H12ClNO2/c1-8-6-10-7-9(3-5-12(16)17)2-4-11(10)15-13(8)14/h2,4,6-7H,3,5H2,1H3,(H,16,17). The van der Waals surface area contributed by atoms with Crippen LogP contribution < -0.4 is 0 Å². The van der Waals surface area contributed by atoms with Crippen molar-refractivity contribution in [1.29, 1.82) is 0 Å². The van der Waals surface area contributed by atoms with Gasteiger partial charge in [0, 0.05) is 11.8 Å². The molecular weight excluding hydrogens is 238 g/mol. The van der Waals surface area contributed by atoms with E-state index in [1.54, 1.807) is 0 Å². The molecule has 0 amide bonds. The number of carboxylic acid groups (broad SMARTS) is 1. The second-order valence-electron chi connectivity index (χ2n) is 4.02. The Labute approximate surface area is 104 Å². The van der Waals surface area contributed by atoms with E-state index in [4.69, 9.17) is 16.7 Å². The van der Waals surface area contributed by atoms with Gasteiger partial charge in [-0.1, -0.05) is 17.7 Å². The van der Waals surface area contributed by atoms with Crippen molar-refractivity contribution < 1.29 is 9.90 Å². The van der Waals surface area contributed by atoms with E-state index in [1.807, 2.05) is 31.2 Å². The van der Waals surface area contributed by atoms with Gasteiger partial charge in [0.1, 0.15) is 5.15 Å². The summed E-state index contributed by atoms with van der Waals surface area (Å²) >= 11 is 5.94. The fourth-order valence-corrected chi connectivity index (χ4v) is 1.86. The summed E-state index contributed by atoms with van der Waals surface area (Å²) in [5, 5.41) is 10.1. The third-order valence-corrected chi connectivity index (χ3v) is 3.02. The molecule has 0 aliphatic rings. The smallest absolute Gasteiger partial charge is 0.303 e. The number of pyridine rings is 1. The van der Waals surface area contributed by atoms with Gasteiger partial charge in [-0.3, -0.25) is 4.79 Å². The number of rotatable bonds is 3. The average Bonchev–Trinajstić information content (AvgIpc) is 2.28. The maximum atomic E-state index is 10.5. The number of aryl methyl sites for hydroxylation is 2.